The van der Waals surface area contributed by atoms with Crippen molar-refractivity contribution in [2.75, 3.05) is 23.8 Å². The number of hydrogen-bond donors (Lipinski definition) is 2. The molecule has 2 N–H and O–H groups in total. The third-order valence-electron chi connectivity index (χ3n) is 5.48. The summed E-state index contributed by atoms with van der Waals surface area (Å²) in [6.45, 7) is 1.61. The molecule has 2 aromatic carbocycles. The number of hydrogen-bond acceptors (Lipinski definition) is 2. The van der Waals surface area contributed by atoms with Crippen LogP contribution in [0.4, 0.5) is 11.4 Å². The van der Waals surface area contributed by atoms with Gasteiger partial charge in [-0.15, -0.1) is 24.0 Å². The predicted molar refractivity (Wildman–Crippen MR) is 126 cm³/mol. The number of aliphatic imine (C=N–C) groups is 1. The van der Waals surface area contributed by atoms with E-state index in [1.54, 1.807) is 0 Å². The van der Waals surface area contributed by atoms with Crippen molar-refractivity contribution in [3.8, 4) is 0 Å². The largest absolute Gasteiger partial charge is 0.352 e. The Hall–Kier alpha value is -2.09. The zero-order valence-electron chi connectivity index (χ0n) is 16.1. The molecular formula is C22H27IN4O. The summed E-state index contributed by atoms with van der Waals surface area (Å²) in [6, 6.07) is 16.5. The van der Waals surface area contributed by atoms with Crippen molar-refractivity contribution in [2.24, 2.45) is 10.9 Å². The second-order valence-corrected chi connectivity index (χ2v) is 7.25. The molecule has 28 heavy (non-hydrogen) atoms. The third-order valence-corrected chi connectivity index (χ3v) is 5.48. The zero-order chi connectivity index (χ0) is 18.6. The van der Waals surface area contributed by atoms with Crippen LogP contribution >= 0.6 is 24.0 Å². The van der Waals surface area contributed by atoms with E-state index in [9.17, 15) is 4.79 Å². The van der Waals surface area contributed by atoms with Gasteiger partial charge in [0.25, 0.3) is 0 Å². The molecule has 6 heteroatoms. The van der Waals surface area contributed by atoms with Crippen LogP contribution in [0.3, 0.4) is 0 Å². The minimum absolute atomic E-state index is 0. The maximum absolute atomic E-state index is 12.2. The number of carbonyl (C=O) groups excluding carboxylic acids is 1. The Kier molecular flexibility index (Phi) is 6.93. The Balaban J connectivity index is 0.00000225. The topological polar surface area (TPSA) is 56.7 Å². The van der Waals surface area contributed by atoms with Crippen LogP contribution in [-0.2, 0) is 17.8 Å². The highest BCUT2D eigenvalue weighted by Crippen LogP contribution is 2.28. The lowest BCUT2D eigenvalue weighted by molar-refractivity contribution is -0.122. The summed E-state index contributed by atoms with van der Waals surface area (Å²) < 4.78 is 0. The quantitative estimate of drug-likeness (QED) is 0.384. The highest BCUT2D eigenvalue weighted by molar-refractivity contribution is 14.0. The number of nitrogens with zero attached hydrogens (tertiary/aromatic N) is 2. The standard InChI is InChI=1S/C22H26N4O.HI/c1-23-22(26-13-12-17-7-2-3-11-20(17)26)24-15-16-6-4-10-19(14-16)25-21(27)18-8-5-9-18;/h2-4,6-7,10-11,14,18H,5,8-9,12-13,15H2,1H3,(H,23,24)(H,25,27);1H. The van der Waals surface area contributed by atoms with Crippen molar-refractivity contribution >= 4 is 47.2 Å². The van der Waals surface area contributed by atoms with Crippen LogP contribution in [0.5, 0.6) is 0 Å². The van der Waals surface area contributed by atoms with Crippen molar-refractivity contribution in [3.63, 3.8) is 0 Å². The minimum atomic E-state index is 0. The number of anilines is 2. The van der Waals surface area contributed by atoms with E-state index < -0.39 is 0 Å². The van der Waals surface area contributed by atoms with Crippen LogP contribution in [-0.4, -0.2) is 25.5 Å². The normalized spacial score (nSPS) is 16.0. The zero-order valence-corrected chi connectivity index (χ0v) is 18.5. The van der Waals surface area contributed by atoms with Gasteiger partial charge in [0, 0.05) is 37.4 Å². The van der Waals surface area contributed by atoms with Crippen LogP contribution in [0.15, 0.2) is 53.5 Å². The van der Waals surface area contributed by atoms with Gasteiger partial charge >= 0.3 is 0 Å². The van der Waals surface area contributed by atoms with Gasteiger partial charge in [-0.25, -0.2) is 0 Å². The fraction of sp³-hybridized carbons (Fsp3) is 0.364. The second kappa shape index (κ2) is 9.41. The van der Waals surface area contributed by atoms with E-state index >= 15 is 0 Å². The van der Waals surface area contributed by atoms with E-state index in [4.69, 9.17) is 0 Å². The second-order valence-electron chi connectivity index (χ2n) is 7.25. The molecule has 0 atom stereocenters. The van der Waals surface area contributed by atoms with E-state index in [0.29, 0.717) is 6.54 Å². The molecule has 2 aromatic rings. The Morgan fingerprint density at radius 3 is 2.75 bits per heavy atom. The van der Waals surface area contributed by atoms with Gasteiger partial charge in [0.2, 0.25) is 5.91 Å². The van der Waals surface area contributed by atoms with Crippen LogP contribution < -0.4 is 15.5 Å². The molecule has 1 aliphatic carbocycles. The molecule has 2 aliphatic rings. The molecule has 0 radical (unpaired) electrons. The number of rotatable bonds is 4. The Morgan fingerprint density at radius 2 is 2.00 bits per heavy atom. The van der Waals surface area contributed by atoms with E-state index in [2.05, 4.69) is 50.9 Å². The van der Waals surface area contributed by atoms with Crippen molar-refractivity contribution in [1.82, 2.24) is 5.32 Å². The number of guanidine groups is 1. The van der Waals surface area contributed by atoms with E-state index in [-0.39, 0.29) is 35.8 Å². The molecule has 1 aliphatic heterocycles. The van der Waals surface area contributed by atoms with Crippen LogP contribution in [0, 0.1) is 5.92 Å². The minimum Gasteiger partial charge on any atom is -0.352 e. The highest BCUT2D eigenvalue weighted by atomic mass is 127. The van der Waals surface area contributed by atoms with Gasteiger partial charge in [-0.05, 0) is 48.6 Å². The van der Waals surface area contributed by atoms with E-state index in [1.165, 1.54) is 17.7 Å². The Bertz CT molecular complexity index is 863. The van der Waals surface area contributed by atoms with Gasteiger partial charge in [0.15, 0.2) is 5.96 Å². The molecule has 4 rings (SSSR count). The molecule has 0 aromatic heterocycles. The number of para-hydroxylation sites is 1. The van der Waals surface area contributed by atoms with Crippen LogP contribution in [0.25, 0.3) is 0 Å². The summed E-state index contributed by atoms with van der Waals surface area (Å²) in [4.78, 5) is 18.8. The van der Waals surface area contributed by atoms with E-state index in [0.717, 1.165) is 43.0 Å². The Morgan fingerprint density at radius 1 is 1.18 bits per heavy atom. The molecule has 5 nitrogen and oxygen atoms in total. The number of halogens is 1. The van der Waals surface area contributed by atoms with Crippen molar-refractivity contribution in [1.29, 1.82) is 0 Å². The van der Waals surface area contributed by atoms with Gasteiger partial charge < -0.3 is 15.5 Å². The number of nitrogens with one attached hydrogen (secondary N) is 2. The van der Waals surface area contributed by atoms with Crippen LogP contribution in [0.1, 0.15) is 30.4 Å². The van der Waals surface area contributed by atoms with Crippen LogP contribution in [0.2, 0.25) is 0 Å². The fourth-order valence-corrected chi connectivity index (χ4v) is 3.71. The van der Waals surface area contributed by atoms with Gasteiger partial charge in [-0.2, -0.15) is 0 Å². The third kappa shape index (κ3) is 4.48. The van der Waals surface area contributed by atoms with Crippen molar-refractivity contribution in [2.45, 2.75) is 32.2 Å². The first-order valence-electron chi connectivity index (χ1n) is 9.70. The molecular weight excluding hydrogens is 463 g/mol. The average Bonchev–Trinajstić information content (AvgIpc) is 3.05. The summed E-state index contributed by atoms with van der Waals surface area (Å²) in [6.07, 6.45) is 4.24. The summed E-state index contributed by atoms with van der Waals surface area (Å²) >= 11 is 0. The first-order chi connectivity index (χ1) is 13.2. The first-order valence-corrected chi connectivity index (χ1v) is 9.70. The van der Waals surface area contributed by atoms with E-state index in [1.807, 2.05) is 25.2 Å². The predicted octanol–water partition coefficient (Wildman–Crippen LogP) is 4.18. The molecule has 0 saturated heterocycles. The summed E-state index contributed by atoms with van der Waals surface area (Å²) in [5.41, 5.74) is 4.58. The molecule has 1 amide bonds. The molecule has 148 valence electrons. The van der Waals surface area contributed by atoms with Gasteiger partial charge in [-0.1, -0.05) is 36.8 Å². The molecule has 0 spiro atoms. The number of amides is 1. The van der Waals surface area contributed by atoms with Crippen molar-refractivity contribution in [3.05, 3.63) is 59.7 Å². The number of fused-ring (bicyclic) bond motifs is 1. The van der Waals surface area contributed by atoms with Gasteiger partial charge in [-0.3, -0.25) is 9.79 Å². The first kappa shape index (κ1) is 20.6. The lowest BCUT2D eigenvalue weighted by Crippen LogP contribution is -2.40. The maximum atomic E-state index is 12.2. The number of benzene rings is 2. The SMILES string of the molecule is CN=C(NCc1cccc(NC(=O)C2CCC2)c1)N1CCc2ccccc21.I. The van der Waals surface area contributed by atoms with Crippen molar-refractivity contribution < 1.29 is 4.79 Å². The molecule has 1 heterocycles. The molecule has 0 bridgehead atoms. The molecule has 1 fully saturated rings. The maximum Gasteiger partial charge on any atom is 0.227 e. The monoisotopic (exact) mass is 490 g/mol. The lowest BCUT2D eigenvalue weighted by Gasteiger charge is -2.24. The summed E-state index contributed by atoms with van der Waals surface area (Å²) in [5.74, 6) is 1.22. The number of carbonyl (C=O) groups is 1. The lowest BCUT2D eigenvalue weighted by atomic mass is 9.85. The smallest absolute Gasteiger partial charge is 0.227 e. The fourth-order valence-electron chi connectivity index (χ4n) is 3.71. The van der Waals surface area contributed by atoms with Gasteiger partial charge in [0.05, 0.1) is 0 Å². The van der Waals surface area contributed by atoms with Gasteiger partial charge in [0.1, 0.15) is 0 Å². The molecule has 0 unspecified atom stereocenters. The Labute approximate surface area is 183 Å². The molecule has 1 saturated carbocycles. The summed E-state index contributed by atoms with van der Waals surface area (Å²) in [5, 5.41) is 6.50. The summed E-state index contributed by atoms with van der Waals surface area (Å²) in [7, 11) is 1.82. The highest BCUT2D eigenvalue weighted by Gasteiger charge is 2.25. The average molecular weight is 490 g/mol.